The molecule has 0 fully saturated rings. The van der Waals surface area contributed by atoms with Crippen molar-refractivity contribution in [2.75, 3.05) is 13.7 Å². The van der Waals surface area contributed by atoms with Gasteiger partial charge in [-0.05, 0) is 62.7 Å². The minimum atomic E-state index is -0.599. The minimum absolute atomic E-state index is 0.120. The largest absolute Gasteiger partial charge is 0.497 e. The van der Waals surface area contributed by atoms with Gasteiger partial charge in [0.2, 0.25) is 0 Å². The van der Waals surface area contributed by atoms with Crippen LogP contribution in [0.2, 0.25) is 0 Å². The molecule has 2 aromatic rings. The number of rotatable bonds is 8. The molecular formula is C20H25NO4. The highest BCUT2D eigenvalue weighted by atomic mass is 16.5. The van der Waals surface area contributed by atoms with E-state index in [2.05, 4.69) is 5.32 Å². The van der Waals surface area contributed by atoms with Crippen molar-refractivity contribution in [1.29, 1.82) is 0 Å². The molecule has 0 heterocycles. The Morgan fingerprint density at radius 1 is 0.960 bits per heavy atom. The summed E-state index contributed by atoms with van der Waals surface area (Å²) in [6.07, 6.45) is -0.599. The maximum absolute atomic E-state index is 12.3. The Bertz CT molecular complexity index is 667. The first-order chi connectivity index (χ1) is 12.0. The van der Waals surface area contributed by atoms with Crippen LogP contribution in [0.4, 0.5) is 0 Å². The van der Waals surface area contributed by atoms with Crippen molar-refractivity contribution in [3.05, 3.63) is 54.1 Å². The predicted octanol–water partition coefficient (Wildman–Crippen LogP) is 3.74. The number of nitrogens with one attached hydrogen (secondary N) is 1. The van der Waals surface area contributed by atoms with Crippen LogP contribution < -0.4 is 19.5 Å². The third-order valence-electron chi connectivity index (χ3n) is 3.79. The van der Waals surface area contributed by atoms with Gasteiger partial charge >= 0.3 is 0 Å². The average Bonchev–Trinajstić information content (AvgIpc) is 2.63. The van der Waals surface area contributed by atoms with Crippen molar-refractivity contribution in [3.63, 3.8) is 0 Å². The lowest BCUT2D eigenvalue weighted by atomic mass is 10.1. The Morgan fingerprint density at radius 2 is 1.52 bits per heavy atom. The Balaban J connectivity index is 1.90. The molecule has 0 saturated heterocycles. The molecule has 0 bridgehead atoms. The van der Waals surface area contributed by atoms with Crippen LogP contribution in [0.3, 0.4) is 0 Å². The Labute approximate surface area is 148 Å². The molecule has 0 unspecified atom stereocenters. The zero-order chi connectivity index (χ0) is 18.2. The van der Waals surface area contributed by atoms with Crippen LogP contribution in [0.15, 0.2) is 48.5 Å². The van der Waals surface area contributed by atoms with E-state index in [0.717, 1.165) is 17.1 Å². The summed E-state index contributed by atoms with van der Waals surface area (Å²) >= 11 is 0. The summed E-state index contributed by atoms with van der Waals surface area (Å²) < 4.78 is 16.2. The van der Waals surface area contributed by atoms with E-state index in [-0.39, 0.29) is 11.9 Å². The van der Waals surface area contributed by atoms with Crippen LogP contribution in [0.1, 0.15) is 32.4 Å². The summed E-state index contributed by atoms with van der Waals surface area (Å²) in [5.41, 5.74) is 1.01. The summed E-state index contributed by atoms with van der Waals surface area (Å²) in [5.74, 6) is 2.02. The highest BCUT2D eigenvalue weighted by molar-refractivity contribution is 5.81. The molecule has 134 valence electrons. The third kappa shape index (κ3) is 5.41. The van der Waals surface area contributed by atoms with E-state index in [1.165, 1.54) is 0 Å². The summed E-state index contributed by atoms with van der Waals surface area (Å²) in [4.78, 5) is 12.3. The molecule has 2 rings (SSSR count). The zero-order valence-electron chi connectivity index (χ0n) is 15.1. The van der Waals surface area contributed by atoms with Gasteiger partial charge in [-0.1, -0.05) is 12.1 Å². The lowest BCUT2D eigenvalue weighted by Crippen LogP contribution is -2.37. The number of hydrogen-bond acceptors (Lipinski definition) is 4. The van der Waals surface area contributed by atoms with Gasteiger partial charge in [0.25, 0.3) is 5.91 Å². The van der Waals surface area contributed by atoms with E-state index < -0.39 is 6.10 Å². The smallest absolute Gasteiger partial charge is 0.261 e. The van der Waals surface area contributed by atoms with E-state index in [9.17, 15) is 4.79 Å². The molecule has 0 saturated carbocycles. The fourth-order valence-corrected chi connectivity index (χ4v) is 2.35. The van der Waals surface area contributed by atoms with Gasteiger partial charge in [0.15, 0.2) is 6.10 Å². The molecule has 2 aromatic carbocycles. The van der Waals surface area contributed by atoms with E-state index in [4.69, 9.17) is 14.2 Å². The molecule has 0 aliphatic carbocycles. The van der Waals surface area contributed by atoms with Crippen molar-refractivity contribution in [1.82, 2.24) is 5.32 Å². The van der Waals surface area contributed by atoms with E-state index in [1.807, 2.05) is 38.1 Å². The number of amides is 1. The van der Waals surface area contributed by atoms with Gasteiger partial charge in [-0.15, -0.1) is 0 Å². The van der Waals surface area contributed by atoms with E-state index >= 15 is 0 Å². The van der Waals surface area contributed by atoms with E-state index in [1.54, 1.807) is 38.3 Å². The topological polar surface area (TPSA) is 56.8 Å². The number of carbonyl (C=O) groups excluding carboxylic acids is 1. The fraction of sp³-hybridized carbons (Fsp3) is 0.350. The number of benzene rings is 2. The molecule has 0 aromatic heterocycles. The van der Waals surface area contributed by atoms with Crippen molar-refractivity contribution in [2.24, 2.45) is 0 Å². The second-order valence-electron chi connectivity index (χ2n) is 5.67. The predicted molar refractivity (Wildman–Crippen MR) is 97.3 cm³/mol. The molecule has 5 heteroatoms. The molecular weight excluding hydrogens is 318 g/mol. The number of carbonyl (C=O) groups is 1. The minimum Gasteiger partial charge on any atom is -0.497 e. The first kappa shape index (κ1) is 18.6. The maximum atomic E-state index is 12.3. The molecule has 2 atom stereocenters. The van der Waals surface area contributed by atoms with Gasteiger partial charge in [0, 0.05) is 0 Å². The van der Waals surface area contributed by atoms with Crippen molar-refractivity contribution < 1.29 is 19.0 Å². The monoisotopic (exact) mass is 343 g/mol. The van der Waals surface area contributed by atoms with Gasteiger partial charge in [0.05, 0.1) is 19.8 Å². The molecule has 1 N–H and O–H groups in total. The molecule has 25 heavy (non-hydrogen) atoms. The van der Waals surface area contributed by atoms with Crippen molar-refractivity contribution >= 4 is 5.91 Å². The molecule has 0 aliphatic rings. The summed E-state index contributed by atoms with van der Waals surface area (Å²) in [6.45, 7) is 6.24. The normalized spacial score (nSPS) is 12.8. The number of methoxy groups -OCH3 is 1. The standard InChI is InChI=1S/C20H25NO4/c1-5-24-18-8-6-16(7-9-18)14(2)21-20(22)15(3)25-19-12-10-17(23-4)11-13-19/h6-15H,5H2,1-4H3,(H,21,22)/t14-,15+/m1/s1. The lowest BCUT2D eigenvalue weighted by molar-refractivity contribution is -0.127. The average molecular weight is 343 g/mol. The summed E-state index contributed by atoms with van der Waals surface area (Å²) in [5, 5.41) is 2.96. The second-order valence-corrected chi connectivity index (χ2v) is 5.67. The fourth-order valence-electron chi connectivity index (χ4n) is 2.35. The second kappa shape index (κ2) is 8.97. The first-order valence-electron chi connectivity index (χ1n) is 8.37. The number of ether oxygens (including phenoxy) is 3. The Morgan fingerprint density at radius 3 is 2.08 bits per heavy atom. The Kier molecular flexibility index (Phi) is 6.69. The van der Waals surface area contributed by atoms with Gasteiger partial charge in [-0.25, -0.2) is 0 Å². The molecule has 0 aliphatic heterocycles. The van der Waals surface area contributed by atoms with Gasteiger partial charge in [-0.2, -0.15) is 0 Å². The molecule has 0 radical (unpaired) electrons. The summed E-state index contributed by atoms with van der Waals surface area (Å²) in [7, 11) is 1.61. The summed E-state index contributed by atoms with van der Waals surface area (Å²) in [6, 6.07) is 14.7. The van der Waals surface area contributed by atoms with Crippen LogP contribution in [0.25, 0.3) is 0 Å². The zero-order valence-corrected chi connectivity index (χ0v) is 15.1. The van der Waals surface area contributed by atoms with Crippen LogP contribution >= 0.6 is 0 Å². The quantitative estimate of drug-likeness (QED) is 0.793. The van der Waals surface area contributed by atoms with Crippen molar-refractivity contribution in [3.8, 4) is 17.2 Å². The lowest BCUT2D eigenvalue weighted by Gasteiger charge is -2.19. The highest BCUT2D eigenvalue weighted by Crippen LogP contribution is 2.20. The van der Waals surface area contributed by atoms with Crippen LogP contribution in [-0.4, -0.2) is 25.7 Å². The SMILES string of the molecule is CCOc1ccc([C@@H](C)NC(=O)[C@H](C)Oc2ccc(OC)cc2)cc1. The van der Waals surface area contributed by atoms with Crippen LogP contribution in [0.5, 0.6) is 17.2 Å². The van der Waals surface area contributed by atoms with Gasteiger partial charge < -0.3 is 19.5 Å². The maximum Gasteiger partial charge on any atom is 0.261 e. The first-order valence-corrected chi connectivity index (χ1v) is 8.37. The van der Waals surface area contributed by atoms with E-state index in [0.29, 0.717) is 12.4 Å². The molecule has 1 amide bonds. The van der Waals surface area contributed by atoms with Crippen LogP contribution in [-0.2, 0) is 4.79 Å². The Hall–Kier alpha value is -2.69. The molecule has 5 nitrogen and oxygen atoms in total. The number of hydrogen-bond donors (Lipinski definition) is 1. The highest BCUT2D eigenvalue weighted by Gasteiger charge is 2.17. The van der Waals surface area contributed by atoms with Crippen LogP contribution in [0, 0.1) is 0 Å². The van der Waals surface area contributed by atoms with Gasteiger partial charge in [0.1, 0.15) is 17.2 Å². The third-order valence-corrected chi connectivity index (χ3v) is 3.79. The van der Waals surface area contributed by atoms with Gasteiger partial charge in [-0.3, -0.25) is 4.79 Å². The van der Waals surface area contributed by atoms with Crippen molar-refractivity contribution in [2.45, 2.75) is 32.9 Å². The molecule has 0 spiro atoms.